The molecule has 0 aliphatic rings. The van der Waals surface area contributed by atoms with Crippen LogP contribution < -0.4 is 5.56 Å². The number of H-pyrrole nitrogens is 1. The normalized spacial score (nSPS) is 13.8. The van der Waals surface area contributed by atoms with Crippen LogP contribution in [0.25, 0.3) is 0 Å². The lowest BCUT2D eigenvalue weighted by Crippen LogP contribution is -2.27. The average molecular weight is 350 g/mol. The Morgan fingerprint density at radius 1 is 1.47 bits per heavy atom. The van der Waals surface area contributed by atoms with E-state index in [1.54, 1.807) is 7.11 Å². The van der Waals surface area contributed by atoms with E-state index in [0.29, 0.717) is 9.39 Å². The van der Waals surface area contributed by atoms with Crippen molar-refractivity contribution in [1.82, 2.24) is 9.97 Å². The smallest absolute Gasteiger partial charge is 0.264 e. The van der Waals surface area contributed by atoms with Gasteiger partial charge in [-0.2, -0.15) is 0 Å². The van der Waals surface area contributed by atoms with Crippen LogP contribution in [0.15, 0.2) is 4.79 Å². The first-order chi connectivity index (χ1) is 7.81. The molecule has 0 aliphatic heterocycles. The van der Waals surface area contributed by atoms with Crippen LogP contribution >= 0.6 is 22.6 Å². The highest BCUT2D eigenvalue weighted by molar-refractivity contribution is 14.1. The van der Waals surface area contributed by atoms with Crippen LogP contribution in [-0.4, -0.2) is 17.1 Å². The fraction of sp³-hybridized carbons (Fsp3) is 0.667. The van der Waals surface area contributed by atoms with Crippen molar-refractivity contribution in [3.8, 4) is 0 Å². The second-order valence-corrected chi connectivity index (χ2v) is 6.13. The molecule has 1 atom stereocenters. The second kappa shape index (κ2) is 5.48. The van der Waals surface area contributed by atoms with Gasteiger partial charge in [-0.25, -0.2) is 4.98 Å². The quantitative estimate of drug-likeness (QED) is 0.853. The summed E-state index contributed by atoms with van der Waals surface area (Å²) < 4.78 is 6.12. The van der Waals surface area contributed by atoms with Crippen LogP contribution in [0.3, 0.4) is 0 Å². The Balaban J connectivity index is 3.32. The van der Waals surface area contributed by atoms with Gasteiger partial charge in [-0.05, 0) is 34.4 Å². The molecule has 1 aromatic rings. The van der Waals surface area contributed by atoms with Crippen molar-refractivity contribution in [3.05, 3.63) is 25.4 Å². The molecule has 1 unspecified atom stereocenters. The van der Waals surface area contributed by atoms with Crippen molar-refractivity contribution in [3.63, 3.8) is 0 Å². The molecule has 0 fully saturated rings. The molecule has 0 aliphatic carbocycles. The summed E-state index contributed by atoms with van der Waals surface area (Å²) in [6, 6.07) is 0. The summed E-state index contributed by atoms with van der Waals surface area (Å²) in [5.74, 6) is 0.613. The lowest BCUT2D eigenvalue weighted by atomic mass is 9.88. The van der Waals surface area contributed by atoms with E-state index in [0.717, 1.165) is 12.1 Å². The first kappa shape index (κ1) is 14.6. The van der Waals surface area contributed by atoms with E-state index in [-0.39, 0.29) is 17.1 Å². The molecule has 0 bridgehead atoms. The number of methoxy groups -OCH3 is 1. The maximum Gasteiger partial charge on any atom is 0.264 e. The Kier molecular flexibility index (Phi) is 4.71. The fourth-order valence-electron chi connectivity index (χ4n) is 1.76. The molecular weight excluding hydrogens is 331 g/mol. The number of nitrogens with one attached hydrogen (secondary N) is 1. The largest absolute Gasteiger partial charge is 0.373 e. The molecule has 0 spiro atoms. The standard InChI is InChI=1S/C12H19IN2O2/c1-6-7-8(13)11(16)15-10(14-7)9(17-5)12(2,3)4/h9H,6H2,1-5H3,(H,14,15,16). The topological polar surface area (TPSA) is 55.0 Å². The van der Waals surface area contributed by atoms with Gasteiger partial charge in [0.05, 0.1) is 9.26 Å². The number of aromatic nitrogens is 2. The SMILES string of the molecule is CCc1nc(C(OC)C(C)(C)C)[nH]c(=O)c1I. The molecule has 1 heterocycles. The van der Waals surface area contributed by atoms with Gasteiger partial charge in [0.1, 0.15) is 11.9 Å². The molecular formula is C12H19IN2O2. The molecule has 0 radical (unpaired) electrons. The van der Waals surface area contributed by atoms with Crippen molar-refractivity contribution < 1.29 is 4.74 Å². The highest BCUT2D eigenvalue weighted by atomic mass is 127. The Morgan fingerprint density at radius 2 is 2.06 bits per heavy atom. The summed E-state index contributed by atoms with van der Waals surface area (Å²) in [6.07, 6.45) is 0.535. The summed E-state index contributed by atoms with van der Waals surface area (Å²) in [5.41, 5.74) is 0.636. The highest BCUT2D eigenvalue weighted by Crippen LogP contribution is 2.33. The van der Waals surface area contributed by atoms with Gasteiger partial charge < -0.3 is 9.72 Å². The average Bonchev–Trinajstić information content (AvgIpc) is 2.21. The number of ether oxygens (including phenoxy) is 1. The van der Waals surface area contributed by atoms with Crippen LogP contribution in [-0.2, 0) is 11.2 Å². The van der Waals surface area contributed by atoms with Gasteiger partial charge >= 0.3 is 0 Å². The molecule has 5 heteroatoms. The van der Waals surface area contributed by atoms with Gasteiger partial charge in [-0.3, -0.25) is 4.79 Å². The maximum atomic E-state index is 11.8. The predicted octanol–water partition coefficient (Wildman–Crippen LogP) is 2.67. The molecule has 0 amide bonds. The Labute approximate surface area is 115 Å². The number of hydrogen-bond acceptors (Lipinski definition) is 3. The van der Waals surface area contributed by atoms with Gasteiger partial charge in [0, 0.05) is 7.11 Å². The van der Waals surface area contributed by atoms with Gasteiger partial charge in [-0.15, -0.1) is 0 Å². The van der Waals surface area contributed by atoms with E-state index in [2.05, 4.69) is 30.7 Å². The molecule has 0 aromatic carbocycles. The van der Waals surface area contributed by atoms with Crippen molar-refractivity contribution >= 4 is 22.6 Å². The number of rotatable bonds is 3. The third-order valence-corrected chi connectivity index (χ3v) is 3.67. The number of aromatic amines is 1. The predicted molar refractivity (Wildman–Crippen MR) is 76.2 cm³/mol. The summed E-state index contributed by atoms with van der Waals surface area (Å²) in [5, 5.41) is 0. The van der Waals surface area contributed by atoms with Crippen molar-refractivity contribution in [2.45, 2.75) is 40.2 Å². The zero-order chi connectivity index (χ0) is 13.2. The monoisotopic (exact) mass is 350 g/mol. The minimum Gasteiger partial charge on any atom is -0.373 e. The summed E-state index contributed by atoms with van der Waals surface area (Å²) >= 11 is 2.03. The minimum absolute atomic E-state index is 0.0845. The van der Waals surface area contributed by atoms with Crippen molar-refractivity contribution in [1.29, 1.82) is 0 Å². The van der Waals surface area contributed by atoms with E-state index >= 15 is 0 Å². The van der Waals surface area contributed by atoms with Crippen LogP contribution in [0.4, 0.5) is 0 Å². The maximum absolute atomic E-state index is 11.8. The van der Waals surface area contributed by atoms with E-state index in [9.17, 15) is 4.79 Å². The fourth-order valence-corrected chi connectivity index (χ4v) is 2.40. The highest BCUT2D eigenvalue weighted by Gasteiger charge is 2.29. The molecule has 1 aromatic heterocycles. The molecule has 0 saturated heterocycles. The van der Waals surface area contributed by atoms with E-state index in [4.69, 9.17) is 4.74 Å². The van der Waals surface area contributed by atoms with E-state index < -0.39 is 0 Å². The number of hydrogen-bond donors (Lipinski definition) is 1. The van der Waals surface area contributed by atoms with E-state index in [1.165, 1.54) is 0 Å². The number of nitrogens with zero attached hydrogens (tertiary/aromatic N) is 1. The number of aryl methyl sites for hydroxylation is 1. The third-order valence-electron chi connectivity index (χ3n) is 2.56. The van der Waals surface area contributed by atoms with Gasteiger partial charge in [0.2, 0.25) is 0 Å². The van der Waals surface area contributed by atoms with Gasteiger partial charge in [-0.1, -0.05) is 27.7 Å². The minimum atomic E-state index is -0.211. The number of halogens is 1. The summed E-state index contributed by atoms with van der Waals surface area (Å²) in [7, 11) is 1.64. The Morgan fingerprint density at radius 3 is 2.47 bits per heavy atom. The van der Waals surface area contributed by atoms with E-state index in [1.807, 2.05) is 29.5 Å². The van der Waals surface area contributed by atoms with Crippen LogP contribution in [0, 0.1) is 8.99 Å². The molecule has 1 rings (SSSR count). The Bertz CT molecular complexity index is 449. The zero-order valence-corrected chi connectivity index (χ0v) is 13.1. The van der Waals surface area contributed by atoms with Crippen molar-refractivity contribution in [2.24, 2.45) is 5.41 Å². The van der Waals surface area contributed by atoms with Crippen molar-refractivity contribution in [2.75, 3.05) is 7.11 Å². The molecule has 1 N–H and O–H groups in total. The van der Waals surface area contributed by atoms with Gasteiger partial charge in [0.25, 0.3) is 5.56 Å². The first-order valence-electron chi connectivity index (χ1n) is 5.62. The first-order valence-corrected chi connectivity index (χ1v) is 6.70. The second-order valence-electron chi connectivity index (χ2n) is 5.05. The van der Waals surface area contributed by atoms with Crippen LogP contribution in [0.2, 0.25) is 0 Å². The Hall–Kier alpha value is -0.430. The molecule has 17 heavy (non-hydrogen) atoms. The van der Waals surface area contributed by atoms with Crippen LogP contribution in [0.1, 0.15) is 45.3 Å². The third kappa shape index (κ3) is 3.28. The summed E-state index contributed by atoms with van der Waals surface area (Å²) in [4.78, 5) is 19.1. The molecule has 0 saturated carbocycles. The molecule has 4 nitrogen and oxygen atoms in total. The molecule has 96 valence electrons. The summed E-state index contributed by atoms with van der Waals surface area (Å²) in [6.45, 7) is 8.17. The zero-order valence-electron chi connectivity index (χ0n) is 10.9. The van der Waals surface area contributed by atoms with Gasteiger partial charge in [0.15, 0.2) is 0 Å². The lowest BCUT2D eigenvalue weighted by molar-refractivity contribution is 0.00830. The van der Waals surface area contributed by atoms with Crippen LogP contribution in [0.5, 0.6) is 0 Å². The lowest BCUT2D eigenvalue weighted by Gasteiger charge is -2.28.